The highest BCUT2D eigenvalue weighted by molar-refractivity contribution is 5.97. The Labute approximate surface area is 156 Å². The van der Waals surface area contributed by atoms with Crippen LogP contribution in [-0.4, -0.2) is 32.7 Å². The minimum Gasteiger partial charge on any atom is -0.329 e. The van der Waals surface area contributed by atoms with Crippen molar-refractivity contribution in [2.45, 2.75) is 45.2 Å². The maximum Gasteiger partial charge on any atom is 0.283 e. The van der Waals surface area contributed by atoms with Gasteiger partial charge in [0, 0.05) is 13.1 Å². The standard InChI is InChI=1S/C20H22F3N3O/c1-11-5-7-14(8-6-11)12(2)13(3)26(15-9-10-15)20(27)16-17(18(21)22)24-25(4)19(16)23/h5-8,13,15,18H,2,9-10H2,1,3-4H3. The molecule has 1 aliphatic carbocycles. The Kier molecular flexibility index (Phi) is 5.13. The van der Waals surface area contributed by atoms with Crippen LogP contribution < -0.4 is 0 Å². The van der Waals surface area contributed by atoms with Crippen molar-refractivity contribution >= 4 is 11.5 Å². The minimum absolute atomic E-state index is 0.111. The summed E-state index contributed by atoms with van der Waals surface area (Å²) in [5.74, 6) is -1.81. The second kappa shape index (κ2) is 7.21. The number of carbonyl (C=O) groups is 1. The van der Waals surface area contributed by atoms with Gasteiger partial charge in [-0.05, 0) is 37.8 Å². The number of alkyl halides is 2. The number of nitrogens with zero attached hydrogens (tertiary/aromatic N) is 3. The molecular formula is C20H22F3N3O. The van der Waals surface area contributed by atoms with Gasteiger partial charge in [-0.3, -0.25) is 4.79 Å². The van der Waals surface area contributed by atoms with Gasteiger partial charge in [-0.2, -0.15) is 9.49 Å². The van der Waals surface area contributed by atoms with E-state index >= 15 is 0 Å². The Balaban J connectivity index is 1.95. The van der Waals surface area contributed by atoms with E-state index in [0.717, 1.165) is 24.0 Å². The quantitative estimate of drug-likeness (QED) is 0.743. The van der Waals surface area contributed by atoms with E-state index in [0.29, 0.717) is 10.3 Å². The van der Waals surface area contributed by atoms with Crippen LogP contribution in [0.1, 0.15) is 53.4 Å². The number of aromatic nitrogens is 2. The number of rotatable bonds is 6. The van der Waals surface area contributed by atoms with Crippen molar-refractivity contribution in [2.24, 2.45) is 7.05 Å². The maximum absolute atomic E-state index is 14.4. The molecule has 1 aliphatic rings. The zero-order valence-corrected chi connectivity index (χ0v) is 15.5. The smallest absolute Gasteiger partial charge is 0.283 e. The number of carbonyl (C=O) groups excluding carboxylic acids is 1. The molecule has 144 valence electrons. The molecule has 1 atom stereocenters. The Bertz CT molecular complexity index is 869. The Morgan fingerprint density at radius 1 is 1.30 bits per heavy atom. The first-order valence-electron chi connectivity index (χ1n) is 8.81. The van der Waals surface area contributed by atoms with Crippen LogP contribution in [0.2, 0.25) is 0 Å². The highest BCUT2D eigenvalue weighted by Crippen LogP contribution is 2.36. The van der Waals surface area contributed by atoms with Crippen molar-refractivity contribution in [3.05, 3.63) is 59.2 Å². The van der Waals surface area contributed by atoms with Gasteiger partial charge in [0.2, 0.25) is 5.95 Å². The molecule has 1 aromatic carbocycles. The SMILES string of the molecule is C=C(c1ccc(C)cc1)C(C)N(C(=O)c1c(C(F)F)nn(C)c1F)C1CC1. The van der Waals surface area contributed by atoms with Crippen LogP contribution in [0.3, 0.4) is 0 Å². The Morgan fingerprint density at radius 3 is 2.41 bits per heavy atom. The fourth-order valence-electron chi connectivity index (χ4n) is 3.19. The predicted octanol–water partition coefficient (Wildman–Crippen LogP) is 4.51. The lowest BCUT2D eigenvalue weighted by atomic mass is 9.98. The third-order valence-electron chi connectivity index (χ3n) is 4.94. The van der Waals surface area contributed by atoms with E-state index in [2.05, 4.69) is 11.7 Å². The molecule has 7 heteroatoms. The predicted molar refractivity (Wildman–Crippen MR) is 97.0 cm³/mol. The normalized spacial score (nSPS) is 15.1. The van der Waals surface area contributed by atoms with Gasteiger partial charge < -0.3 is 4.90 Å². The molecule has 0 saturated heterocycles. The molecule has 0 N–H and O–H groups in total. The second-order valence-electron chi connectivity index (χ2n) is 6.99. The summed E-state index contributed by atoms with van der Waals surface area (Å²) < 4.78 is 41.7. The van der Waals surface area contributed by atoms with Gasteiger partial charge in [0.05, 0.1) is 6.04 Å². The number of hydrogen-bond donors (Lipinski definition) is 0. The molecule has 3 rings (SSSR count). The Morgan fingerprint density at radius 2 is 1.89 bits per heavy atom. The second-order valence-corrected chi connectivity index (χ2v) is 6.99. The molecule has 1 heterocycles. The van der Waals surface area contributed by atoms with Crippen LogP contribution in [0.25, 0.3) is 5.57 Å². The van der Waals surface area contributed by atoms with E-state index < -0.39 is 35.6 Å². The molecule has 4 nitrogen and oxygen atoms in total. The monoisotopic (exact) mass is 377 g/mol. The van der Waals surface area contributed by atoms with Crippen molar-refractivity contribution in [1.29, 1.82) is 0 Å². The molecule has 1 unspecified atom stereocenters. The van der Waals surface area contributed by atoms with Gasteiger partial charge in [-0.15, -0.1) is 0 Å². The molecule has 0 spiro atoms. The van der Waals surface area contributed by atoms with Gasteiger partial charge in [-0.25, -0.2) is 13.5 Å². The first-order valence-corrected chi connectivity index (χ1v) is 8.81. The van der Waals surface area contributed by atoms with E-state index in [4.69, 9.17) is 0 Å². The fraction of sp³-hybridized carbons (Fsp3) is 0.400. The van der Waals surface area contributed by atoms with Gasteiger partial charge in [0.25, 0.3) is 12.3 Å². The highest BCUT2D eigenvalue weighted by Gasteiger charge is 2.41. The first-order chi connectivity index (χ1) is 12.7. The van der Waals surface area contributed by atoms with E-state index in [1.165, 1.54) is 11.9 Å². The summed E-state index contributed by atoms with van der Waals surface area (Å²) in [6, 6.07) is 7.11. The summed E-state index contributed by atoms with van der Waals surface area (Å²) in [6.07, 6.45) is -1.52. The number of amides is 1. The molecule has 0 bridgehead atoms. The van der Waals surface area contributed by atoms with Gasteiger partial charge >= 0.3 is 0 Å². The van der Waals surface area contributed by atoms with Crippen LogP contribution in [0.5, 0.6) is 0 Å². The summed E-state index contributed by atoms with van der Waals surface area (Å²) in [7, 11) is 1.20. The van der Waals surface area contributed by atoms with E-state index in [1.54, 1.807) is 6.92 Å². The number of halogens is 3. The van der Waals surface area contributed by atoms with Crippen molar-refractivity contribution in [3.8, 4) is 0 Å². The first kappa shape index (κ1) is 19.2. The summed E-state index contributed by atoms with van der Waals surface area (Å²) in [5.41, 5.74) is 1.15. The third kappa shape index (κ3) is 3.63. The van der Waals surface area contributed by atoms with Crippen LogP contribution in [0, 0.1) is 12.9 Å². The molecular weight excluding hydrogens is 355 g/mol. The van der Waals surface area contributed by atoms with E-state index in [1.807, 2.05) is 31.2 Å². The topological polar surface area (TPSA) is 38.1 Å². The molecule has 1 amide bonds. The fourth-order valence-corrected chi connectivity index (χ4v) is 3.19. The lowest BCUT2D eigenvalue weighted by molar-refractivity contribution is 0.0698. The van der Waals surface area contributed by atoms with Crippen LogP contribution >= 0.6 is 0 Å². The van der Waals surface area contributed by atoms with Crippen molar-refractivity contribution in [3.63, 3.8) is 0 Å². The average molecular weight is 377 g/mol. The third-order valence-corrected chi connectivity index (χ3v) is 4.94. The van der Waals surface area contributed by atoms with Crippen molar-refractivity contribution in [2.75, 3.05) is 0 Å². The van der Waals surface area contributed by atoms with Gasteiger partial charge in [0.1, 0.15) is 11.3 Å². The molecule has 1 aromatic heterocycles. The maximum atomic E-state index is 14.4. The number of benzene rings is 1. The number of aryl methyl sites for hydroxylation is 2. The lowest BCUT2D eigenvalue weighted by Gasteiger charge is -2.31. The number of hydrogen-bond acceptors (Lipinski definition) is 2. The molecule has 0 aliphatic heterocycles. The molecule has 0 radical (unpaired) electrons. The van der Waals surface area contributed by atoms with Gasteiger partial charge in [0.15, 0.2) is 0 Å². The average Bonchev–Trinajstić information content (AvgIpc) is 3.40. The molecule has 1 fully saturated rings. The zero-order valence-electron chi connectivity index (χ0n) is 15.5. The summed E-state index contributed by atoms with van der Waals surface area (Å²) in [5, 5.41) is 3.49. The highest BCUT2D eigenvalue weighted by atomic mass is 19.3. The lowest BCUT2D eigenvalue weighted by Crippen LogP contribution is -2.41. The van der Waals surface area contributed by atoms with Crippen LogP contribution in [0.15, 0.2) is 30.8 Å². The van der Waals surface area contributed by atoms with E-state index in [9.17, 15) is 18.0 Å². The molecule has 27 heavy (non-hydrogen) atoms. The zero-order chi connectivity index (χ0) is 19.9. The van der Waals surface area contributed by atoms with Crippen molar-refractivity contribution in [1.82, 2.24) is 14.7 Å². The van der Waals surface area contributed by atoms with Crippen LogP contribution in [-0.2, 0) is 7.05 Å². The van der Waals surface area contributed by atoms with E-state index in [-0.39, 0.29) is 6.04 Å². The minimum atomic E-state index is -3.03. The molecule has 2 aromatic rings. The summed E-state index contributed by atoms with van der Waals surface area (Å²) in [6.45, 7) is 7.84. The van der Waals surface area contributed by atoms with Gasteiger partial charge in [-0.1, -0.05) is 36.4 Å². The molecule has 1 saturated carbocycles. The summed E-state index contributed by atoms with van der Waals surface area (Å²) >= 11 is 0. The van der Waals surface area contributed by atoms with Crippen molar-refractivity contribution < 1.29 is 18.0 Å². The summed E-state index contributed by atoms with van der Waals surface area (Å²) in [4.78, 5) is 14.5. The largest absolute Gasteiger partial charge is 0.329 e. The Hall–Kier alpha value is -2.57. The van der Waals surface area contributed by atoms with Crippen LogP contribution in [0.4, 0.5) is 13.2 Å².